The van der Waals surface area contributed by atoms with Crippen molar-refractivity contribution >= 4 is 35.3 Å². The van der Waals surface area contributed by atoms with E-state index in [-0.39, 0.29) is 18.3 Å². The predicted molar refractivity (Wildman–Crippen MR) is 113 cm³/mol. The summed E-state index contributed by atoms with van der Waals surface area (Å²) in [5.74, 6) is -1.19. The number of anilines is 2. The number of carbonyl (C=O) groups excluding carboxylic acids is 1. The van der Waals surface area contributed by atoms with Crippen LogP contribution in [-0.2, 0) is 4.74 Å². The molecule has 3 aromatic rings. The fourth-order valence-corrected chi connectivity index (χ4v) is 3.54. The molecule has 6 nitrogen and oxygen atoms in total. The molecule has 3 heterocycles. The van der Waals surface area contributed by atoms with Crippen LogP contribution in [0.1, 0.15) is 29.0 Å². The first-order chi connectivity index (χ1) is 14.0. The zero-order valence-electron chi connectivity index (χ0n) is 16.5. The molecule has 30 heavy (non-hydrogen) atoms. The summed E-state index contributed by atoms with van der Waals surface area (Å²) in [7, 11) is 0. The normalized spacial score (nSPS) is 14.4. The van der Waals surface area contributed by atoms with E-state index in [9.17, 15) is 13.6 Å². The molecule has 1 fully saturated rings. The van der Waals surface area contributed by atoms with Gasteiger partial charge in [-0.15, -0.1) is 12.4 Å². The number of amides is 1. The number of ether oxygens (including phenoxy) is 1. The van der Waals surface area contributed by atoms with E-state index in [2.05, 4.69) is 15.6 Å². The van der Waals surface area contributed by atoms with Crippen LogP contribution in [0.2, 0.25) is 0 Å². The van der Waals surface area contributed by atoms with Crippen molar-refractivity contribution in [3.05, 3.63) is 59.6 Å². The lowest BCUT2D eigenvalue weighted by atomic mass is 10.0. The molecule has 160 valence electrons. The van der Waals surface area contributed by atoms with Gasteiger partial charge in [-0.1, -0.05) is 0 Å². The number of carbonyl (C=O) groups is 1. The van der Waals surface area contributed by atoms with Crippen LogP contribution in [0.5, 0.6) is 0 Å². The minimum atomic E-state index is -0.943. The molecule has 1 aliphatic heterocycles. The van der Waals surface area contributed by atoms with Gasteiger partial charge in [0, 0.05) is 37.2 Å². The minimum Gasteiger partial charge on any atom is -0.381 e. The van der Waals surface area contributed by atoms with Gasteiger partial charge in [0.25, 0.3) is 5.91 Å². The molecule has 0 atom stereocenters. The van der Waals surface area contributed by atoms with Gasteiger partial charge in [-0.25, -0.2) is 13.8 Å². The van der Waals surface area contributed by atoms with Crippen molar-refractivity contribution in [1.82, 2.24) is 14.7 Å². The molecule has 9 heteroatoms. The van der Waals surface area contributed by atoms with Crippen LogP contribution < -0.4 is 10.6 Å². The first kappa shape index (κ1) is 22.0. The molecule has 0 radical (unpaired) electrons. The highest BCUT2D eigenvalue weighted by Crippen LogP contribution is 2.24. The quantitative estimate of drug-likeness (QED) is 0.627. The van der Waals surface area contributed by atoms with E-state index in [1.54, 1.807) is 4.40 Å². The highest BCUT2D eigenvalue weighted by atomic mass is 35.5. The third kappa shape index (κ3) is 4.55. The van der Waals surface area contributed by atoms with Gasteiger partial charge in [0.1, 0.15) is 5.69 Å². The minimum absolute atomic E-state index is 0. The first-order valence-electron chi connectivity index (χ1n) is 9.58. The molecule has 1 aromatic carbocycles. The van der Waals surface area contributed by atoms with Crippen LogP contribution in [0.15, 0.2) is 36.5 Å². The molecule has 0 bridgehead atoms. The zero-order valence-corrected chi connectivity index (χ0v) is 17.3. The summed E-state index contributed by atoms with van der Waals surface area (Å²) in [5.41, 5.74) is 2.33. The molecule has 1 amide bonds. The Balaban J connectivity index is 0.00000256. The SMILES string of the molecule is Cc1ccc2c(Nc3ccc(F)c(F)c3)ncc(C(=O)NCC3CCOCC3)n12.Cl. The monoisotopic (exact) mass is 436 g/mol. The number of aryl methyl sites for hydroxylation is 1. The summed E-state index contributed by atoms with van der Waals surface area (Å²) in [5, 5.41) is 5.99. The Morgan fingerprint density at radius 2 is 1.97 bits per heavy atom. The highest BCUT2D eigenvalue weighted by molar-refractivity contribution is 5.94. The number of nitrogens with zero attached hydrogens (tertiary/aromatic N) is 2. The smallest absolute Gasteiger partial charge is 0.269 e. The fourth-order valence-electron chi connectivity index (χ4n) is 3.54. The molecule has 2 N–H and O–H groups in total. The standard InChI is InChI=1S/C21H22F2N4O2.ClH/c1-13-2-5-18-20(26-15-3-4-16(22)17(23)10-15)24-12-19(27(13)18)21(28)25-11-14-6-8-29-9-7-14;/h2-5,10,12,14H,6-9,11H2,1H3,(H,24,26)(H,25,28);1H. The van der Waals surface area contributed by atoms with E-state index in [0.717, 1.165) is 43.9 Å². The van der Waals surface area contributed by atoms with Gasteiger partial charge < -0.3 is 19.8 Å². The molecule has 0 saturated carbocycles. The molecule has 0 aliphatic carbocycles. The number of fused-ring (bicyclic) bond motifs is 1. The number of hydrogen-bond acceptors (Lipinski definition) is 4. The summed E-state index contributed by atoms with van der Waals surface area (Å²) < 4.78 is 33.8. The third-order valence-corrected chi connectivity index (χ3v) is 5.18. The van der Waals surface area contributed by atoms with Crippen molar-refractivity contribution < 1.29 is 18.3 Å². The van der Waals surface area contributed by atoms with Crippen LogP contribution in [0, 0.1) is 24.5 Å². The molecule has 1 saturated heterocycles. The van der Waals surface area contributed by atoms with Crippen LogP contribution in [0.4, 0.5) is 20.3 Å². The average molecular weight is 437 g/mol. The maximum absolute atomic E-state index is 13.5. The Kier molecular flexibility index (Phi) is 6.89. The maximum atomic E-state index is 13.5. The molecule has 2 aromatic heterocycles. The summed E-state index contributed by atoms with van der Waals surface area (Å²) in [6.45, 7) is 3.95. The van der Waals surface area contributed by atoms with Crippen molar-refractivity contribution in [2.24, 2.45) is 5.92 Å². The second-order valence-corrected chi connectivity index (χ2v) is 7.21. The van der Waals surface area contributed by atoms with E-state index in [4.69, 9.17) is 4.74 Å². The predicted octanol–water partition coefficient (Wildman–Crippen LogP) is 4.24. The molecular formula is C21H23ClF2N4O2. The second-order valence-electron chi connectivity index (χ2n) is 7.21. The molecule has 1 aliphatic rings. The first-order valence-corrected chi connectivity index (χ1v) is 9.58. The van der Waals surface area contributed by atoms with Crippen molar-refractivity contribution in [3.8, 4) is 0 Å². The Labute approximate surface area is 179 Å². The van der Waals surface area contributed by atoms with Gasteiger partial charge in [-0.2, -0.15) is 0 Å². The van der Waals surface area contributed by atoms with E-state index in [1.165, 1.54) is 12.3 Å². The Hall–Kier alpha value is -2.71. The van der Waals surface area contributed by atoms with Crippen molar-refractivity contribution in [3.63, 3.8) is 0 Å². The topological polar surface area (TPSA) is 67.7 Å². The summed E-state index contributed by atoms with van der Waals surface area (Å²) in [6.07, 6.45) is 3.36. The van der Waals surface area contributed by atoms with E-state index in [1.807, 2.05) is 19.1 Å². The second kappa shape index (κ2) is 9.40. The molecule has 4 rings (SSSR count). The van der Waals surface area contributed by atoms with Gasteiger partial charge in [0.05, 0.1) is 11.7 Å². The third-order valence-electron chi connectivity index (χ3n) is 5.18. The lowest BCUT2D eigenvalue weighted by Gasteiger charge is -2.22. The Morgan fingerprint density at radius 1 is 1.20 bits per heavy atom. The van der Waals surface area contributed by atoms with Gasteiger partial charge in [0.2, 0.25) is 0 Å². The number of hydrogen-bond donors (Lipinski definition) is 2. The number of halogens is 3. The van der Waals surface area contributed by atoms with Gasteiger partial charge in [0.15, 0.2) is 17.5 Å². The Bertz CT molecular complexity index is 1050. The van der Waals surface area contributed by atoms with Crippen LogP contribution in [0.3, 0.4) is 0 Å². The van der Waals surface area contributed by atoms with Gasteiger partial charge in [-0.05, 0) is 49.9 Å². The maximum Gasteiger partial charge on any atom is 0.269 e. The zero-order chi connectivity index (χ0) is 20.4. The van der Waals surface area contributed by atoms with Crippen molar-refractivity contribution in [2.45, 2.75) is 19.8 Å². The lowest BCUT2D eigenvalue weighted by molar-refractivity contribution is 0.0642. The van der Waals surface area contributed by atoms with E-state index < -0.39 is 11.6 Å². The van der Waals surface area contributed by atoms with E-state index in [0.29, 0.717) is 35.2 Å². The molecule has 0 unspecified atom stereocenters. The van der Waals surface area contributed by atoms with Gasteiger partial charge in [-0.3, -0.25) is 4.79 Å². The number of rotatable bonds is 5. The largest absolute Gasteiger partial charge is 0.381 e. The van der Waals surface area contributed by atoms with Crippen LogP contribution >= 0.6 is 12.4 Å². The number of nitrogens with one attached hydrogen (secondary N) is 2. The fraction of sp³-hybridized carbons (Fsp3) is 0.333. The highest BCUT2D eigenvalue weighted by Gasteiger charge is 2.19. The molecular weight excluding hydrogens is 414 g/mol. The summed E-state index contributed by atoms with van der Waals surface area (Å²) >= 11 is 0. The number of benzene rings is 1. The van der Waals surface area contributed by atoms with Crippen molar-refractivity contribution in [2.75, 3.05) is 25.1 Å². The average Bonchev–Trinajstić information content (AvgIpc) is 3.12. The summed E-state index contributed by atoms with van der Waals surface area (Å²) in [6, 6.07) is 7.26. The van der Waals surface area contributed by atoms with Gasteiger partial charge >= 0.3 is 0 Å². The van der Waals surface area contributed by atoms with Crippen LogP contribution in [0.25, 0.3) is 5.52 Å². The van der Waals surface area contributed by atoms with E-state index >= 15 is 0 Å². The molecule has 0 spiro atoms. The summed E-state index contributed by atoms with van der Waals surface area (Å²) in [4.78, 5) is 17.1. The Morgan fingerprint density at radius 3 is 2.70 bits per heavy atom. The van der Waals surface area contributed by atoms with Crippen LogP contribution in [-0.4, -0.2) is 35.1 Å². The lowest BCUT2D eigenvalue weighted by Crippen LogP contribution is -2.33. The number of aromatic nitrogens is 2. The van der Waals surface area contributed by atoms with Crippen molar-refractivity contribution in [1.29, 1.82) is 0 Å².